The van der Waals surface area contributed by atoms with Crippen molar-refractivity contribution in [2.45, 2.75) is 26.1 Å². The topological polar surface area (TPSA) is 66.3 Å². The summed E-state index contributed by atoms with van der Waals surface area (Å²) in [4.78, 5) is 0. The number of aliphatic hydroxyl groups is 2. The second kappa shape index (κ2) is 7.27. The average molecular weight is 240 g/mol. The molecule has 0 aliphatic carbocycles. The number of hydrogen-bond donors (Lipinski definition) is 3. The fraction of sp³-hybridized carbons (Fsp3) is 0.538. The molecule has 0 bridgehead atoms. The molecule has 0 saturated carbocycles. The fourth-order valence-electron chi connectivity index (χ4n) is 1.50. The van der Waals surface area contributed by atoms with Gasteiger partial charge in [-0.25, -0.2) is 0 Å². The van der Waals surface area contributed by atoms with E-state index in [0.29, 0.717) is 13.1 Å². The molecule has 1 aromatic carbocycles. The van der Waals surface area contributed by atoms with Gasteiger partial charge in [0.2, 0.25) is 0 Å². The predicted octanol–water partition coefficient (Wildman–Crippen LogP) is -0.321. The van der Waals surface area contributed by atoms with Gasteiger partial charge < -0.3 is 20.3 Å². The number of aliphatic hydroxyl groups excluding tert-OH is 2. The van der Waals surface area contributed by atoms with Gasteiger partial charge in [-0.15, -0.1) is 0 Å². The van der Waals surface area contributed by atoms with Gasteiger partial charge in [0.25, 0.3) is 0 Å². The van der Waals surface area contributed by atoms with Gasteiger partial charge in [0, 0.05) is 0 Å². The predicted molar refractivity (Wildman–Crippen MR) is 66.0 cm³/mol. The Kier molecular flexibility index (Phi) is 5.97. The second-order valence-corrected chi connectivity index (χ2v) is 4.34. The van der Waals surface area contributed by atoms with Crippen LogP contribution in [0.3, 0.4) is 0 Å². The Morgan fingerprint density at radius 2 is 1.94 bits per heavy atom. The van der Waals surface area contributed by atoms with Crippen molar-refractivity contribution in [2.75, 3.05) is 19.7 Å². The number of ether oxygens (including phenoxy) is 1. The zero-order valence-corrected chi connectivity index (χ0v) is 10.5. The van der Waals surface area contributed by atoms with Crippen LogP contribution in [0.5, 0.6) is 5.75 Å². The van der Waals surface area contributed by atoms with Crippen molar-refractivity contribution in [1.82, 2.24) is 0 Å². The maximum atomic E-state index is 9.68. The first kappa shape index (κ1) is 14.0. The van der Waals surface area contributed by atoms with Gasteiger partial charge in [-0.1, -0.05) is 18.2 Å². The van der Waals surface area contributed by atoms with E-state index in [1.54, 1.807) is 6.92 Å². The standard InChI is InChI=1S/C13H21NO3/c1-10-5-3-4-6-13(10)17-9-12(16)8-14-7-11(2)15/h3-6,11-12,14-16H,7-9H2,1-2H3/p+1/t11-,12+/m0/s1. The van der Waals surface area contributed by atoms with Crippen molar-refractivity contribution in [3.05, 3.63) is 29.8 Å². The number of quaternary nitrogens is 1. The highest BCUT2D eigenvalue weighted by Crippen LogP contribution is 2.15. The van der Waals surface area contributed by atoms with E-state index in [1.165, 1.54) is 0 Å². The molecule has 0 radical (unpaired) electrons. The van der Waals surface area contributed by atoms with Crippen LogP contribution in [0, 0.1) is 6.92 Å². The summed E-state index contributed by atoms with van der Waals surface area (Å²) in [5, 5.41) is 20.6. The minimum absolute atomic E-state index is 0.279. The number of hydrogen-bond acceptors (Lipinski definition) is 3. The zero-order chi connectivity index (χ0) is 12.7. The van der Waals surface area contributed by atoms with Crippen LogP contribution in [0.25, 0.3) is 0 Å². The van der Waals surface area contributed by atoms with Gasteiger partial charge in [-0.2, -0.15) is 0 Å². The van der Waals surface area contributed by atoms with Gasteiger partial charge in [-0.05, 0) is 25.5 Å². The molecule has 0 aromatic heterocycles. The number of nitrogens with two attached hydrogens (primary N) is 1. The molecule has 0 aliphatic rings. The molecule has 0 fully saturated rings. The van der Waals surface area contributed by atoms with Gasteiger partial charge in [0.15, 0.2) is 0 Å². The summed E-state index contributed by atoms with van der Waals surface area (Å²) >= 11 is 0. The Hall–Kier alpha value is -1.10. The molecule has 0 saturated heterocycles. The Bertz CT molecular complexity index is 328. The van der Waals surface area contributed by atoms with Crippen LogP contribution in [0.2, 0.25) is 0 Å². The lowest BCUT2D eigenvalue weighted by Gasteiger charge is -2.13. The van der Waals surface area contributed by atoms with Crippen LogP contribution < -0.4 is 10.1 Å². The molecule has 0 heterocycles. The van der Waals surface area contributed by atoms with E-state index in [4.69, 9.17) is 9.84 Å². The lowest BCUT2D eigenvalue weighted by atomic mass is 10.2. The summed E-state index contributed by atoms with van der Waals surface area (Å²) in [5.41, 5.74) is 1.06. The highest BCUT2D eigenvalue weighted by Gasteiger charge is 2.09. The lowest BCUT2D eigenvalue weighted by molar-refractivity contribution is -0.666. The lowest BCUT2D eigenvalue weighted by Crippen LogP contribution is -2.88. The highest BCUT2D eigenvalue weighted by molar-refractivity contribution is 5.31. The summed E-state index contributed by atoms with van der Waals surface area (Å²) in [6.07, 6.45) is -0.868. The first-order chi connectivity index (χ1) is 8.09. The molecule has 4 heteroatoms. The zero-order valence-electron chi connectivity index (χ0n) is 10.5. The Morgan fingerprint density at radius 3 is 2.59 bits per heavy atom. The normalized spacial score (nSPS) is 14.4. The smallest absolute Gasteiger partial charge is 0.137 e. The quantitative estimate of drug-likeness (QED) is 0.612. The fourth-order valence-corrected chi connectivity index (χ4v) is 1.50. The van der Waals surface area contributed by atoms with Crippen LogP contribution >= 0.6 is 0 Å². The molecule has 1 aromatic rings. The summed E-state index contributed by atoms with van der Waals surface area (Å²) in [7, 11) is 0. The third kappa shape index (κ3) is 5.68. The van der Waals surface area contributed by atoms with Crippen LogP contribution in [0.4, 0.5) is 0 Å². The van der Waals surface area contributed by atoms with Crippen molar-refractivity contribution < 1.29 is 20.3 Å². The molecule has 4 N–H and O–H groups in total. The molecule has 96 valence electrons. The van der Waals surface area contributed by atoms with E-state index in [-0.39, 0.29) is 12.7 Å². The highest BCUT2D eigenvalue weighted by atomic mass is 16.5. The molecular formula is C13H22NO3+. The molecule has 2 atom stereocenters. The first-order valence-corrected chi connectivity index (χ1v) is 5.96. The van der Waals surface area contributed by atoms with E-state index >= 15 is 0 Å². The van der Waals surface area contributed by atoms with Gasteiger partial charge >= 0.3 is 0 Å². The van der Waals surface area contributed by atoms with Crippen molar-refractivity contribution in [3.63, 3.8) is 0 Å². The first-order valence-electron chi connectivity index (χ1n) is 5.96. The number of benzene rings is 1. The van der Waals surface area contributed by atoms with Gasteiger partial charge in [-0.3, -0.25) is 0 Å². The SMILES string of the molecule is Cc1ccccc1OC[C@H](O)C[NH2+]C[C@H](C)O. The monoisotopic (exact) mass is 240 g/mol. The van der Waals surface area contributed by atoms with Crippen LogP contribution in [0.15, 0.2) is 24.3 Å². The Balaban J connectivity index is 2.24. The van der Waals surface area contributed by atoms with E-state index < -0.39 is 6.10 Å². The third-order valence-electron chi connectivity index (χ3n) is 2.47. The van der Waals surface area contributed by atoms with Crippen molar-refractivity contribution in [1.29, 1.82) is 0 Å². The maximum Gasteiger partial charge on any atom is 0.137 e. The molecule has 0 aliphatic heterocycles. The van der Waals surface area contributed by atoms with Crippen molar-refractivity contribution in [2.24, 2.45) is 0 Å². The average Bonchev–Trinajstić information content (AvgIpc) is 2.27. The molecule has 0 spiro atoms. The Morgan fingerprint density at radius 1 is 1.24 bits per heavy atom. The van der Waals surface area contributed by atoms with E-state index in [1.807, 2.05) is 36.5 Å². The van der Waals surface area contributed by atoms with E-state index in [9.17, 15) is 5.11 Å². The summed E-state index contributed by atoms with van der Waals surface area (Å²) < 4.78 is 5.52. The summed E-state index contributed by atoms with van der Waals surface area (Å²) in [6.45, 7) is 5.12. The largest absolute Gasteiger partial charge is 0.490 e. The molecule has 0 amide bonds. The molecule has 0 unspecified atom stereocenters. The van der Waals surface area contributed by atoms with E-state index in [0.717, 1.165) is 11.3 Å². The number of aryl methyl sites for hydroxylation is 1. The number of para-hydroxylation sites is 1. The minimum Gasteiger partial charge on any atom is -0.490 e. The summed E-state index contributed by atoms with van der Waals surface area (Å²) in [6, 6.07) is 7.73. The molecule has 4 nitrogen and oxygen atoms in total. The summed E-state index contributed by atoms with van der Waals surface area (Å²) in [5.74, 6) is 0.807. The van der Waals surface area contributed by atoms with Crippen molar-refractivity contribution >= 4 is 0 Å². The third-order valence-corrected chi connectivity index (χ3v) is 2.47. The second-order valence-electron chi connectivity index (χ2n) is 4.34. The number of rotatable bonds is 7. The molecular weight excluding hydrogens is 218 g/mol. The van der Waals surface area contributed by atoms with Gasteiger partial charge in [0.05, 0.1) is 6.10 Å². The van der Waals surface area contributed by atoms with Crippen LogP contribution in [0.1, 0.15) is 12.5 Å². The van der Waals surface area contributed by atoms with Crippen LogP contribution in [-0.2, 0) is 0 Å². The molecule has 1 rings (SSSR count). The Labute approximate surface area is 102 Å². The minimum atomic E-state index is -0.520. The maximum absolute atomic E-state index is 9.68. The molecule has 17 heavy (non-hydrogen) atoms. The van der Waals surface area contributed by atoms with Gasteiger partial charge in [0.1, 0.15) is 31.5 Å². The van der Waals surface area contributed by atoms with E-state index in [2.05, 4.69) is 0 Å². The van der Waals surface area contributed by atoms with Crippen LogP contribution in [-0.4, -0.2) is 42.1 Å². The van der Waals surface area contributed by atoms with Crippen molar-refractivity contribution in [3.8, 4) is 5.75 Å².